The van der Waals surface area contributed by atoms with E-state index < -0.39 is 21.6 Å². The van der Waals surface area contributed by atoms with Gasteiger partial charge in [0, 0.05) is 40.4 Å². The van der Waals surface area contributed by atoms with Gasteiger partial charge >= 0.3 is 0 Å². The average molecular weight is 339 g/mol. The standard InChI is InChI=1S/C15H21N3O4S/c1-2-23(22)14-6-4-3-5-13(14)17-15(19)11-9-10(18(20)21)7-8-12(11)16/h7-9,13-14H,2-6,16H2,1H3,(H,17,19)/t13-,14-,23+/m1/s1. The first-order valence-corrected chi connectivity index (χ1v) is 9.04. The SMILES string of the molecule is CC[S@](=O)[C@@H]1CCCC[C@H]1NC(=O)c1cc([N+](=O)[O-])ccc1N. The van der Waals surface area contributed by atoms with Gasteiger partial charge in [0.25, 0.3) is 11.6 Å². The molecule has 2 rings (SSSR count). The second kappa shape index (κ2) is 7.54. The Hall–Kier alpha value is -1.96. The van der Waals surface area contributed by atoms with Gasteiger partial charge < -0.3 is 11.1 Å². The van der Waals surface area contributed by atoms with Gasteiger partial charge in [-0.25, -0.2) is 0 Å². The third kappa shape index (κ3) is 4.07. The quantitative estimate of drug-likeness (QED) is 0.483. The predicted molar refractivity (Wildman–Crippen MR) is 89.7 cm³/mol. The third-order valence-electron chi connectivity index (χ3n) is 4.13. The molecule has 0 saturated heterocycles. The first-order valence-electron chi connectivity index (χ1n) is 7.66. The minimum Gasteiger partial charge on any atom is -0.398 e. The van der Waals surface area contributed by atoms with Crippen molar-refractivity contribution < 1.29 is 13.9 Å². The zero-order chi connectivity index (χ0) is 17.0. The molecule has 1 aromatic carbocycles. The van der Waals surface area contributed by atoms with Crippen molar-refractivity contribution >= 4 is 28.1 Å². The van der Waals surface area contributed by atoms with Crippen molar-refractivity contribution in [3.05, 3.63) is 33.9 Å². The van der Waals surface area contributed by atoms with Gasteiger partial charge in [-0.15, -0.1) is 0 Å². The van der Waals surface area contributed by atoms with Gasteiger partial charge in [-0.2, -0.15) is 0 Å². The Morgan fingerprint density at radius 1 is 1.43 bits per heavy atom. The molecule has 0 spiro atoms. The zero-order valence-electron chi connectivity index (χ0n) is 13.0. The number of nitrogen functional groups attached to an aromatic ring is 1. The summed E-state index contributed by atoms with van der Waals surface area (Å²) in [7, 11) is -0.988. The molecule has 1 fully saturated rings. The van der Waals surface area contributed by atoms with Gasteiger partial charge in [0.1, 0.15) is 0 Å². The third-order valence-corrected chi connectivity index (χ3v) is 5.94. The Kier molecular flexibility index (Phi) is 5.70. The Bertz CT molecular complexity index is 635. The van der Waals surface area contributed by atoms with Crippen LogP contribution >= 0.6 is 0 Å². The minimum atomic E-state index is -0.988. The lowest BCUT2D eigenvalue weighted by Crippen LogP contribution is -2.47. The highest BCUT2D eigenvalue weighted by atomic mass is 32.2. The van der Waals surface area contributed by atoms with Gasteiger partial charge in [-0.3, -0.25) is 19.1 Å². The molecule has 0 aromatic heterocycles. The van der Waals surface area contributed by atoms with Crippen molar-refractivity contribution in [2.45, 2.75) is 43.9 Å². The molecule has 0 unspecified atom stereocenters. The number of nitro groups is 1. The fraction of sp³-hybridized carbons (Fsp3) is 0.533. The Labute approximate surface area is 137 Å². The number of hydrogen-bond donors (Lipinski definition) is 2. The Morgan fingerprint density at radius 2 is 2.13 bits per heavy atom. The largest absolute Gasteiger partial charge is 0.398 e. The van der Waals surface area contributed by atoms with E-state index in [1.54, 1.807) is 0 Å². The van der Waals surface area contributed by atoms with E-state index in [1.807, 2.05) is 6.92 Å². The number of anilines is 1. The molecule has 3 N–H and O–H groups in total. The molecular weight excluding hydrogens is 318 g/mol. The molecule has 23 heavy (non-hydrogen) atoms. The van der Waals surface area contributed by atoms with E-state index in [4.69, 9.17) is 5.73 Å². The molecule has 1 aliphatic carbocycles. The second-order valence-corrected chi connectivity index (χ2v) is 7.55. The van der Waals surface area contributed by atoms with Crippen LogP contribution in [-0.4, -0.2) is 32.1 Å². The number of amides is 1. The van der Waals surface area contributed by atoms with Crippen LogP contribution in [0.15, 0.2) is 18.2 Å². The molecule has 1 aliphatic rings. The predicted octanol–water partition coefficient (Wildman–Crippen LogP) is 1.99. The Balaban J connectivity index is 2.18. The maximum Gasteiger partial charge on any atom is 0.270 e. The topological polar surface area (TPSA) is 115 Å². The summed E-state index contributed by atoms with van der Waals surface area (Å²) in [4.78, 5) is 22.7. The molecule has 126 valence electrons. The van der Waals surface area contributed by atoms with Crippen LogP contribution in [0.5, 0.6) is 0 Å². The van der Waals surface area contributed by atoms with Crippen LogP contribution in [0.25, 0.3) is 0 Å². The van der Waals surface area contributed by atoms with Gasteiger partial charge in [-0.1, -0.05) is 19.8 Å². The molecule has 1 aromatic rings. The maximum atomic E-state index is 12.5. The van der Waals surface area contributed by atoms with Crippen molar-refractivity contribution in [2.75, 3.05) is 11.5 Å². The Morgan fingerprint density at radius 3 is 2.78 bits per heavy atom. The molecule has 1 saturated carbocycles. The lowest BCUT2D eigenvalue weighted by molar-refractivity contribution is -0.384. The molecule has 0 bridgehead atoms. The number of nitrogens with two attached hydrogens (primary N) is 1. The normalized spacial score (nSPS) is 22.3. The molecular formula is C15H21N3O4S. The number of benzene rings is 1. The number of rotatable bonds is 5. The van der Waals surface area contributed by atoms with E-state index in [9.17, 15) is 19.1 Å². The van der Waals surface area contributed by atoms with Crippen molar-refractivity contribution in [3.63, 3.8) is 0 Å². The molecule has 0 aliphatic heterocycles. The van der Waals surface area contributed by atoms with E-state index in [0.29, 0.717) is 5.75 Å². The van der Waals surface area contributed by atoms with Crippen LogP contribution < -0.4 is 11.1 Å². The van der Waals surface area contributed by atoms with Crippen LogP contribution in [0, 0.1) is 10.1 Å². The minimum absolute atomic E-state index is 0.0716. The molecule has 3 atom stereocenters. The van der Waals surface area contributed by atoms with Crippen LogP contribution in [0.1, 0.15) is 43.0 Å². The van der Waals surface area contributed by atoms with Crippen molar-refractivity contribution in [2.24, 2.45) is 0 Å². The van der Waals surface area contributed by atoms with E-state index in [-0.39, 0.29) is 28.2 Å². The summed E-state index contributed by atoms with van der Waals surface area (Å²) in [5.41, 5.74) is 5.87. The van der Waals surface area contributed by atoms with Gasteiger partial charge in [-0.05, 0) is 18.9 Å². The monoisotopic (exact) mass is 339 g/mol. The van der Waals surface area contributed by atoms with Gasteiger partial charge in [0.15, 0.2) is 0 Å². The average Bonchev–Trinajstić information content (AvgIpc) is 2.54. The van der Waals surface area contributed by atoms with Crippen LogP contribution in [0.3, 0.4) is 0 Å². The van der Waals surface area contributed by atoms with E-state index in [1.165, 1.54) is 18.2 Å². The highest BCUT2D eigenvalue weighted by Crippen LogP contribution is 2.25. The van der Waals surface area contributed by atoms with Crippen LogP contribution in [0.2, 0.25) is 0 Å². The highest BCUT2D eigenvalue weighted by molar-refractivity contribution is 7.85. The smallest absolute Gasteiger partial charge is 0.270 e. The fourth-order valence-electron chi connectivity index (χ4n) is 2.89. The molecule has 0 heterocycles. The number of nitrogens with one attached hydrogen (secondary N) is 1. The lowest BCUT2D eigenvalue weighted by Gasteiger charge is -2.31. The maximum absolute atomic E-state index is 12.5. The van der Waals surface area contributed by atoms with E-state index >= 15 is 0 Å². The summed E-state index contributed by atoms with van der Waals surface area (Å²) < 4.78 is 12.2. The summed E-state index contributed by atoms with van der Waals surface area (Å²) in [6.45, 7) is 1.86. The second-order valence-electron chi connectivity index (χ2n) is 5.60. The number of carbonyl (C=O) groups is 1. The summed E-state index contributed by atoms with van der Waals surface area (Å²) in [5, 5.41) is 13.7. The lowest BCUT2D eigenvalue weighted by atomic mass is 9.94. The van der Waals surface area contributed by atoms with E-state index in [0.717, 1.165) is 25.7 Å². The first kappa shape index (κ1) is 17.4. The summed E-state index contributed by atoms with van der Waals surface area (Å²) in [5.74, 6) is 0.104. The number of non-ortho nitro benzene ring substituents is 1. The summed E-state index contributed by atoms with van der Waals surface area (Å²) >= 11 is 0. The van der Waals surface area contributed by atoms with Gasteiger partial charge in [0.2, 0.25) is 0 Å². The van der Waals surface area contributed by atoms with Crippen molar-refractivity contribution in [3.8, 4) is 0 Å². The van der Waals surface area contributed by atoms with Crippen molar-refractivity contribution in [1.82, 2.24) is 5.32 Å². The molecule has 1 amide bonds. The van der Waals surface area contributed by atoms with E-state index in [2.05, 4.69) is 5.32 Å². The molecule has 7 nitrogen and oxygen atoms in total. The fourth-order valence-corrected chi connectivity index (χ4v) is 4.32. The molecule has 0 radical (unpaired) electrons. The van der Waals surface area contributed by atoms with Crippen LogP contribution in [-0.2, 0) is 10.8 Å². The molecule has 8 heteroatoms. The highest BCUT2D eigenvalue weighted by Gasteiger charge is 2.31. The number of nitro benzene ring substituents is 1. The number of nitrogens with zero attached hydrogens (tertiary/aromatic N) is 1. The number of carbonyl (C=O) groups excluding carboxylic acids is 1. The summed E-state index contributed by atoms with van der Waals surface area (Å²) in [6, 6.07) is 3.62. The van der Waals surface area contributed by atoms with Crippen LogP contribution in [0.4, 0.5) is 11.4 Å². The van der Waals surface area contributed by atoms with Gasteiger partial charge in [0.05, 0.1) is 15.7 Å². The first-order chi connectivity index (χ1) is 10.9. The summed E-state index contributed by atoms with van der Waals surface area (Å²) in [6.07, 6.45) is 3.54. The zero-order valence-corrected chi connectivity index (χ0v) is 13.8. The number of hydrogen-bond acceptors (Lipinski definition) is 5. The van der Waals surface area contributed by atoms with Crippen molar-refractivity contribution in [1.29, 1.82) is 0 Å².